The molecule has 1 saturated carbocycles. The summed E-state index contributed by atoms with van der Waals surface area (Å²) >= 11 is 0. The molecule has 2 aliphatic rings. The second-order valence-corrected chi connectivity index (χ2v) is 10.3. The summed E-state index contributed by atoms with van der Waals surface area (Å²) in [6, 6.07) is 8.17. The Morgan fingerprint density at radius 3 is 2.12 bits per heavy atom. The Labute approximate surface area is 197 Å². The quantitative estimate of drug-likeness (QED) is 0.240. The topological polar surface area (TPSA) is 26.3 Å². The van der Waals surface area contributed by atoms with Gasteiger partial charge in [0, 0.05) is 0 Å². The Morgan fingerprint density at radius 1 is 0.812 bits per heavy atom. The lowest BCUT2D eigenvalue weighted by Crippen LogP contribution is -2.24. The lowest BCUT2D eigenvalue weighted by molar-refractivity contribution is 0.0161. The van der Waals surface area contributed by atoms with Crippen LogP contribution in [0.25, 0.3) is 5.57 Å². The van der Waals surface area contributed by atoms with Crippen molar-refractivity contribution in [1.29, 1.82) is 0 Å². The minimum atomic E-state index is -0.143. The van der Waals surface area contributed by atoms with Crippen LogP contribution in [-0.2, 0) is 4.74 Å². The number of carbonyl (C=O) groups is 1. The van der Waals surface area contributed by atoms with Crippen molar-refractivity contribution in [3.8, 4) is 0 Å². The molecule has 2 nitrogen and oxygen atoms in total. The van der Waals surface area contributed by atoms with Crippen molar-refractivity contribution >= 4 is 11.5 Å². The molecule has 32 heavy (non-hydrogen) atoms. The normalized spacial score (nSPS) is 23.6. The molecule has 0 saturated heterocycles. The molecule has 178 valence electrons. The van der Waals surface area contributed by atoms with Crippen molar-refractivity contribution in [1.82, 2.24) is 0 Å². The van der Waals surface area contributed by atoms with E-state index < -0.39 is 0 Å². The number of benzene rings is 1. The third-order valence-corrected chi connectivity index (χ3v) is 7.76. The van der Waals surface area contributed by atoms with Gasteiger partial charge in [0.25, 0.3) is 0 Å². The van der Waals surface area contributed by atoms with Gasteiger partial charge in [-0.25, -0.2) is 4.79 Å². The van der Waals surface area contributed by atoms with Gasteiger partial charge in [-0.1, -0.05) is 89.8 Å². The van der Waals surface area contributed by atoms with Crippen LogP contribution in [0.5, 0.6) is 0 Å². The highest BCUT2D eigenvalue weighted by Gasteiger charge is 2.24. The summed E-state index contributed by atoms with van der Waals surface area (Å²) in [4.78, 5) is 12.6. The van der Waals surface area contributed by atoms with E-state index in [1.807, 2.05) is 12.1 Å². The summed E-state index contributed by atoms with van der Waals surface area (Å²) in [6.45, 7) is 4.54. The molecule has 1 fully saturated rings. The number of allylic oxidation sites excluding steroid dienone is 2. The highest BCUT2D eigenvalue weighted by Crippen LogP contribution is 2.33. The highest BCUT2D eigenvalue weighted by atomic mass is 16.5. The molecule has 0 heterocycles. The molecule has 1 atom stereocenters. The van der Waals surface area contributed by atoms with Crippen LogP contribution < -0.4 is 0 Å². The first-order valence-corrected chi connectivity index (χ1v) is 13.7. The second kappa shape index (κ2) is 13.9. The minimum Gasteiger partial charge on any atom is -0.459 e. The van der Waals surface area contributed by atoms with E-state index >= 15 is 0 Å². The van der Waals surface area contributed by atoms with Crippen molar-refractivity contribution in [3.63, 3.8) is 0 Å². The Hall–Kier alpha value is -1.57. The molecule has 3 rings (SSSR count). The van der Waals surface area contributed by atoms with E-state index in [1.54, 1.807) is 0 Å². The second-order valence-electron chi connectivity index (χ2n) is 10.3. The fourth-order valence-corrected chi connectivity index (χ4v) is 5.53. The summed E-state index contributed by atoms with van der Waals surface area (Å²) in [5.74, 6) is 1.57. The number of carbonyl (C=O) groups excluding carboxylic acids is 1. The Bertz CT molecular complexity index is 694. The number of esters is 1. The SMILES string of the molecule is CCCCCCC1CC=C(c2ccc(C(=O)O[C@H]3CC[C@H](CCCCC)CC3)cc2)CC1. The Balaban J connectivity index is 1.41. The van der Waals surface area contributed by atoms with Gasteiger partial charge in [0.05, 0.1) is 5.56 Å². The summed E-state index contributed by atoms with van der Waals surface area (Å²) in [6.07, 6.45) is 23.0. The van der Waals surface area contributed by atoms with Crippen LogP contribution in [0.2, 0.25) is 0 Å². The van der Waals surface area contributed by atoms with E-state index in [4.69, 9.17) is 4.74 Å². The van der Waals surface area contributed by atoms with Crippen LogP contribution in [0.15, 0.2) is 30.3 Å². The zero-order valence-electron chi connectivity index (χ0n) is 20.7. The average Bonchev–Trinajstić information content (AvgIpc) is 2.84. The molecule has 0 N–H and O–H groups in total. The van der Waals surface area contributed by atoms with Crippen LogP contribution in [0.4, 0.5) is 0 Å². The summed E-state index contributed by atoms with van der Waals surface area (Å²) in [5.41, 5.74) is 3.43. The van der Waals surface area contributed by atoms with Gasteiger partial charge < -0.3 is 4.74 Å². The largest absolute Gasteiger partial charge is 0.459 e. The van der Waals surface area contributed by atoms with E-state index in [-0.39, 0.29) is 12.1 Å². The highest BCUT2D eigenvalue weighted by molar-refractivity contribution is 5.90. The maximum atomic E-state index is 12.6. The standard InChI is InChI=1S/C30H46O2/c1-3-5-7-9-11-24-12-16-26(17-13-24)27-18-20-28(21-19-27)30(31)32-29-22-14-25(15-23-29)10-8-6-4-2/h16,18-21,24-25,29H,3-15,17,22-23H2,1-2H3/t24?,25-,29-. The van der Waals surface area contributed by atoms with Crippen LogP contribution >= 0.6 is 0 Å². The first-order valence-electron chi connectivity index (χ1n) is 13.7. The molecular formula is C30H46O2. The average molecular weight is 439 g/mol. The fourth-order valence-electron chi connectivity index (χ4n) is 5.53. The van der Waals surface area contributed by atoms with Crippen LogP contribution in [0.1, 0.15) is 133 Å². The van der Waals surface area contributed by atoms with Crippen molar-refractivity contribution in [2.75, 3.05) is 0 Å². The van der Waals surface area contributed by atoms with Crippen molar-refractivity contribution < 1.29 is 9.53 Å². The maximum absolute atomic E-state index is 12.6. The number of hydrogen-bond acceptors (Lipinski definition) is 2. The minimum absolute atomic E-state index is 0.111. The van der Waals surface area contributed by atoms with Gasteiger partial charge in [0.2, 0.25) is 0 Å². The third-order valence-electron chi connectivity index (χ3n) is 7.76. The van der Waals surface area contributed by atoms with Gasteiger partial charge >= 0.3 is 5.97 Å². The summed E-state index contributed by atoms with van der Waals surface area (Å²) in [5, 5.41) is 0. The predicted molar refractivity (Wildman–Crippen MR) is 136 cm³/mol. The maximum Gasteiger partial charge on any atom is 0.338 e. The van der Waals surface area contributed by atoms with Crippen LogP contribution in [0.3, 0.4) is 0 Å². The zero-order valence-corrected chi connectivity index (χ0v) is 20.7. The molecule has 0 bridgehead atoms. The molecule has 1 aromatic carbocycles. The van der Waals surface area contributed by atoms with Gasteiger partial charge in [-0.2, -0.15) is 0 Å². The molecule has 0 aliphatic heterocycles. The summed E-state index contributed by atoms with van der Waals surface area (Å²) in [7, 11) is 0. The summed E-state index contributed by atoms with van der Waals surface area (Å²) < 4.78 is 5.85. The molecule has 1 unspecified atom stereocenters. The van der Waals surface area contributed by atoms with E-state index in [1.165, 1.54) is 101 Å². The number of hydrogen-bond donors (Lipinski definition) is 0. The van der Waals surface area contributed by atoms with Gasteiger partial charge in [-0.15, -0.1) is 0 Å². The zero-order chi connectivity index (χ0) is 22.6. The fraction of sp³-hybridized carbons (Fsp3) is 0.700. The van der Waals surface area contributed by atoms with Crippen molar-refractivity contribution in [2.45, 2.75) is 123 Å². The molecule has 2 heteroatoms. The number of rotatable bonds is 12. The van der Waals surface area contributed by atoms with Gasteiger partial charge in [-0.05, 0) is 80.1 Å². The van der Waals surface area contributed by atoms with E-state index in [9.17, 15) is 4.79 Å². The van der Waals surface area contributed by atoms with E-state index in [0.29, 0.717) is 5.56 Å². The Kier molecular flexibility index (Phi) is 10.9. The van der Waals surface area contributed by atoms with E-state index in [2.05, 4.69) is 32.1 Å². The van der Waals surface area contributed by atoms with Gasteiger partial charge in [-0.3, -0.25) is 0 Å². The van der Waals surface area contributed by atoms with E-state index in [0.717, 1.165) is 24.7 Å². The van der Waals surface area contributed by atoms with Crippen molar-refractivity contribution in [2.24, 2.45) is 11.8 Å². The third kappa shape index (κ3) is 8.09. The molecule has 0 amide bonds. The van der Waals surface area contributed by atoms with Crippen molar-refractivity contribution in [3.05, 3.63) is 41.5 Å². The molecule has 0 aromatic heterocycles. The Morgan fingerprint density at radius 2 is 1.47 bits per heavy atom. The van der Waals surface area contributed by atoms with Crippen LogP contribution in [-0.4, -0.2) is 12.1 Å². The first-order chi connectivity index (χ1) is 15.7. The number of ether oxygens (including phenoxy) is 1. The first kappa shape index (κ1) is 25.1. The lowest BCUT2D eigenvalue weighted by atomic mass is 9.83. The number of unbranched alkanes of at least 4 members (excludes halogenated alkanes) is 5. The molecule has 0 spiro atoms. The predicted octanol–water partition coefficient (Wildman–Crippen LogP) is 9.14. The lowest BCUT2D eigenvalue weighted by Gasteiger charge is -2.28. The molecule has 2 aliphatic carbocycles. The molecule has 1 aromatic rings. The monoisotopic (exact) mass is 438 g/mol. The molecular weight excluding hydrogens is 392 g/mol. The van der Waals surface area contributed by atoms with Crippen LogP contribution in [0, 0.1) is 11.8 Å². The molecule has 0 radical (unpaired) electrons. The van der Waals surface area contributed by atoms with Gasteiger partial charge in [0.1, 0.15) is 6.10 Å². The smallest absolute Gasteiger partial charge is 0.338 e. The van der Waals surface area contributed by atoms with Gasteiger partial charge in [0.15, 0.2) is 0 Å².